The van der Waals surface area contributed by atoms with Crippen LogP contribution in [0.5, 0.6) is 0 Å². The Balaban J connectivity index is 1.85. The van der Waals surface area contributed by atoms with Gasteiger partial charge < -0.3 is 16.4 Å². The molecule has 0 radical (unpaired) electrons. The number of anilines is 1. The van der Waals surface area contributed by atoms with Crippen molar-refractivity contribution in [2.75, 3.05) is 5.32 Å². The van der Waals surface area contributed by atoms with Crippen molar-refractivity contribution < 1.29 is 4.79 Å². The molecule has 0 atom stereocenters. The molecule has 4 nitrogen and oxygen atoms in total. The summed E-state index contributed by atoms with van der Waals surface area (Å²) in [6, 6.07) is 16.5. The lowest BCUT2D eigenvalue weighted by Gasteiger charge is -2.08. The Morgan fingerprint density at radius 1 is 1.05 bits per heavy atom. The van der Waals surface area contributed by atoms with Crippen molar-refractivity contribution >= 4 is 28.9 Å². The molecule has 0 bridgehead atoms. The second-order valence-electron chi connectivity index (χ2n) is 4.23. The Hall–Kier alpha value is -2.40. The summed E-state index contributed by atoms with van der Waals surface area (Å²) < 4.78 is 0. The first-order valence-corrected chi connectivity index (χ1v) is 6.54. The molecule has 0 saturated heterocycles. The van der Waals surface area contributed by atoms with Gasteiger partial charge in [0, 0.05) is 17.8 Å². The molecule has 20 heavy (non-hydrogen) atoms. The van der Waals surface area contributed by atoms with Gasteiger partial charge in [0.25, 0.3) is 0 Å². The molecule has 102 valence electrons. The molecule has 0 saturated carbocycles. The lowest BCUT2D eigenvalue weighted by molar-refractivity contribution is 0.251. The largest absolute Gasteiger partial charge is 0.389 e. The molecule has 2 amide bonds. The highest BCUT2D eigenvalue weighted by atomic mass is 32.1. The number of carbonyl (C=O) groups is 1. The third-order valence-corrected chi connectivity index (χ3v) is 2.96. The van der Waals surface area contributed by atoms with Crippen molar-refractivity contribution in [3.8, 4) is 0 Å². The zero-order chi connectivity index (χ0) is 14.4. The minimum atomic E-state index is -0.241. The number of para-hydroxylation sites is 1. The Morgan fingerprint density at radius 3 is 2.30 bits per heavy atom. The number of amides is 2. The first-order valence-electron chi connectivity index (χ1n) is 6.14. The molecule has 0 aromatic heterocycles. The number of hydrogen-bond acceptors (Lipinski definition) is 2. The minimum Gasteiger partial charge on any atom is -0.389 e. The van der Waals surface area contributed by atoms with Gasteiger partial charge in [0.2, 0.25) is 0 Å². The monoisotopic (exact) mass is 285 g/mol. The Morgan fingerprint density at radius 2 is 1.70 bits per heavy atom. The lowest BCUT2D eigenvalue weighted by atomic mass is 10.1. The second-order valence-corrected chi connectivity index (χ2v) is 4.67. The molecule has 2 aromatic rings. The fraction of sp³-hybridized carbons (Fsp3) is 0.0667. The molecule has 0 spiro atoms. The summed E-state index contributed by atoms with van der Waals surface area (Å²) in [7, 11) is 0. The van der Waals surface area contributed by atoms with Crippen LogP contribution in [0.3, 0.4) is 0 Å². The van der Waals surface area contributed by atoms with Crippen LogP contribution >= 0.6 is 12.2 Å². The summed E-state index contributed by atoms with van der Waals surface area (Å²) in [6.07, 6.45) is 0. The quantitative estimate of drug-likeness (QED) is 0.757. The van der Waals surface area contributed by atoms with Gasteiger partial charge in [0.05, 0.1) is 0 Å². The van der Waals surface area contributed by atoms with Crippen LogP contribution in [0.1, 0.15) is 11.1 Å². The lowest BCUT2D eigenvalue weighted by Crippen LogP contribution is -2.28. The molecule has 0 aliphatic heterocycles. The molecular formula is C15H15N3OS. The van der Waals surface area contributed by atoms with Gasteiger partial charge in [0.1, 0.15) is 4.99 Å². The summed E-state index contributed by atoms with van der Waals surface area (Å²) in [5, 5.41) is 5.53. The van der Waals surface area contributed by atoms with Crippen molar-refractivity contribution in [3.63, 3.8) is 0 Å². The van der Waals surface area contributed by atoms with Crippen molar-refractivity contribution in [3.05, 3.63) is 65.7 Å². The maximum atomic E-state index is 11.7. The van der Waals surface area contributed by atoms with E-state index < -0.39 is 0 Å². The molecule has 0 aliphatic carbocycles. The summed E-state index contributed by atoms with van der Waals surface area (Å²) >= 11 is 4.88. The molecule has 4 N–H and O–H groups in total. The molecule has 5 heteroatoms. The summed E-state index contributed by atoms with van der Waals surface area (Å²) in [5.41, 5.74) is 8.08. The number of carbonyl (C=O) groups excluding carboxylic acids is 1. The predicted molar refractivity (Wildman–Crippen MR) is 84.6 cm³/mol. The molecular weight excluding hydrogens is 270 g/mol. The highest BCUT2D eigenvalue weighted by Crippen LogP contribution is 2.06. The number of hydrogen-bond donors (Lipinski definition) is 3. The van der Waals surface area contributed by atoms with Crippen LogP contribution in [-0.4, -0.2) is 11.0 Å². The Bertz CT molecular complexity index is 596. The Labute approximate surface area is 123 Å². The average molecular weight is 285 g/mol. The van der Waals surface area contributed by atoms with E-state index in [0.29, 0.717) is 11.5 Å². The van der Waals surface area contributed by atoms with Crippen LogP contribution in [0, 0.1) is 0 Å². The number of nitrogens with one attached hydrogen (secondary N) is 2. The van der Waals surface area contributed by atoms with Gasteiger partial charge in [-0.25, -0.2) is 4.79 Å². The number of benzene rings is 2. The van der Waals surface area contributed by atoms with E-state index in [1.165, 1.54) is 0 Å². The van der Waals surface area contributed by atoms with E-state index in [0.717, 1.165) is 16.8 Å². The average Bonchev–Trinajstić information content (AvgIpc) is 2.46. The van der Waals surface area contributed by atoms with E-state index >= 15 is 0 Å². The smallest absolute Gasteiger partial charge is 0.319 e. The molecule has 0 unspecified atom stereocenters. The molecule has 0 aliphatic rings. The third-order valence-electron chi connectivity index (χ3n) is 2.72. The Kier molecular flexibility index (Phi) is 4.68. The van der Waals surface area contributed by atoms with Gasteiger partial charge in [-0.05, 0) is 17.7 Å². The van der Waals surface area contributed by atoms with Crippen molar-refractivity contribution in [1.82, 2.24) is 5.32 Å². The van der Waals surface area contributed by atoms with Gasteiger partial charge in [0.15, 0.2) is 0 Å². The van der Waals surface area contributed by atoms with Gasteiger partial charge in [-0.1, -0.05) is 54.7 Å². The van der Waals surface area contributed by atoms with Gasteiger partial charge in [-0.2, -0.15) is 0 Å². The van der Waals surface area contributed by atoms with Crippen LogP contribution in [0.25, 0.3) is 0 Å². The van der Waals surface area contributed by atoms with Gasteiger partial charge in [-0.15, -0.1) is 0 Å². The topological polar surface area (TPSA) is 67.1 Å². The third kappa shape index (κ3) is 4.07. The maximum Gasteiger partial charge on any atom is 0.319 e. The zero-order valence-corrected chi connectivity index (χ0v) is 11.6. The molecule has 2 rings (SSSR count). The zero-order valence-electron chi connectivity index (χ0n) is 10.8. The minimum absolute atomic E-state index is 0.241. The number of urea groups is 1. The van der Waals surface area contributed by atoms with E-state index in [4.69, 9.17) is 18.0 Å². The predicted octanol–water partition coefficient (Wildman–Crippen LogP) is 2.64. The first-order chi connectivity index (χ1) is 9.65. The number of nitrogens with two attached hydrogens (primary N) is 1. The van der Waals surface area contributed by atoms with Crippen LogP contribution in [0.2, 0.25) is 0 Å². The molecule has 0 heterocycles. The number of rotatable bonds is 4. The van der Waals surface area contributed by atoms with Gasteiger partial charge in [-0.3, -0.25) is 0 Å². The van der Waals surface area contributed by atoms with E-state index in [2.05, 4.69) is 10.6 Å². The highest BCUT2D eigenvalue weighted by molar-refractivity contribution is 7.80. The second kappa shape index (κ2) is 6.68. The van der Waals surface area contributed by atoms with E-state index in [1.807, 2.05) is 54.6 Å². The summed E-state index contributed by atoms with van der Waals surface area (Å²) in [5.74, 6) is 0. The fourth-order valence-corrected chi connectivity index (χ4v) is 1.80. The standard InChI is InChI=1S/C15H15N3OS/c16-14(20)12-8-6-11(7-9-12)10-17-15(19)18-13-4-2-1-3-5-13/h1-9H,10H2,(H2,16,20)(H2,17,18,19). The van der Waals surface area contributed by atoms with Crippen LogP contribution in [0.4, 0.5) is 10.5 Å². The first kappa shape index (κ1) is 14.0. The van der Waals surface area contributed by atoms with E-state index in [1.54, 1.807) is 0 Å². The van der Waals surface area contributed by atoms with E-state index in [-0.39, 0.29) is 6.03 Å². The van der Waals surface area contributed by atoms with Crippen LogP contribution in [0.15, 0.2) is 54.6 Å². The summed E-state index contributed by atoms with van der Waals surface area (Å²) in [4.78, 5) is 12.1. The summed E-state index contributed by atoms with van der Waals surface area (Å²) in [6.45, 7) is 0.441. The molecule has 0 fully saturated rings. The van der Waals surface area contributed by atoms with Crippen LogP contribution < -0.4 is 16.4 Å². The fourth-order valence-electron chi connectivity index (χ4n) is 1.67. The number of thiocarbonyl (C=S) groups is 1. The van der Waals surface area contributed by atoms with Gasteiger partial charge >= 0.3 is 6.03 Å². The molecule has 2 aromatic carbocycles. The highest BCUT2D eigenvalue weighted by Gasteiger charge is 2.01. The van der Waals surface area contributed by atoms with Crippen molar-refractivity contribution in [1.29, 1.82) is 0 Å². The van der Waals surface area contributed by atoms with Crippen molar-refractivity contribution in [2.45, 2.75) is 6.54 Å². The van der Waals surface area contributed by atoms with E-state index in [9.17, 15) is 4.79 Å². The maximum absolute atomic E-state index is 11.7. The normalized spacial score (nSPS) is 9.80. The van der Waals surface area contributed by atoms with Crippen LogP contribution in [-0.2, 0) is 6.54 Å². The van der Waals surface area contributed by atoms with Crippen molar-refractivity contribution in [2.24, 2.45) is 5.73 Å². The SMILES string of the molecule is NC(=S)c1ccc(CNC(=O)Nc2ccccc2)cc1.